The molecule has 1 saturated heterocycles. The summed E-state index contributed by atoms with van der Waals surface area (Å²) in [7, 11) is 0. The quantitative estimate of drug-likeness (QED) is 0.819. The van der Waals surface area contributed by atoms with Crippen LogP contribution in [0, 0.1) is 5.82 Å². The van der Waals surface area contributed by atoms with Crippen LogP contribution in [0.15, 0.2) is 18.2 Å². The molecule has 2 rings (SSSR count). The molecule has 1 heterocycles. The summed E-state index contributed by atoms with van der Waals surface area (Å²) in [6.45, 7) is 2.59. The van der Waals surface area contributed by atoms with Crippen LogP contribution < -0.4 is 5.32 Å². The van der Waals surface area contributed by atoms with E-state index in [0.29, 0.717) is 45.1 Å². The number of rotatable bonds is 5. The molecule has 0 saturated carbocycles. The zero-order chi connectivity index (χ0) is 16.2. The monoisotopic (exact) mass is 320 g/mol. The van der Waals surface area contributed by atoms with Gasteiger partial charge in [-0.3, -0.25) is 4.90 Å². The number of alkyl halides is 3. The van der Waals surface area contributed by atoms with Gasteiger partial charge in [-0.2, -0.15) is 13.2 Å². The number of hydrogen-bond acceptors (Lipinski definition) is 3. The van der Waals surface area contributed by atoms with E-state index in [1.54, 1.807) is 0 Å². The van der Waals surface area contributed by atoms with Gasteiger partial charge in [-0.25, -0.2) is 4.39 Å². The SMILES string of the molecule is OCCC[C@@H](c1ccc(F)cc1C(F)(F)F)N1CCNCC1. The van der Waals surface area contributed by atoms with Gasteiger partial charge in [-0.05, 0) is 30.5 Å². The predicted octanol–water partition coefficient (Wildman–Crippen LogP) is 2.56. The zero-order valence-electron chi connectivity index (χ0n) is 12.2. The van der Waals surface area contributed by atoms with Gasteiger partial charge in [0.15, 0.2) is 0 Å². The van der Waals surface area contributed by atoms with Crippen molar-refractivity contribution in [3.05, 3.63) is 35.1 Å². The van der Waals surface area contributed by atoms with Gasteiger partial charge in [0.2, 0.25) is 0 Å². The molecule has 1 aromatic carbocycles. The van der Waals surface area contributed by atoms with E-state index >= 15 is 0 Å². The molecule has 0 aliphatic carbocycles. The Hall–Kier alpha value is -1.18. The lowest BCUT2D eigenvalue weighted by atomic mass is 9.94. The maximum Gasteiger partial charge on any atom is 0.416 e. The lowest BCUT2D eigenvalue weighted by Gasteiger charge is -2.36. The van der Waals surface area contributed by atoms with E-state index in [4.69, 9.17) is 5.11 Å². The highest BCUT2D eigenvalue weighted by molar-refractivity contribution is 5.33. The number of halogens is 4. The zero-order valence-corrected chi connectivity index (χ0v) is 12.2. The van der Waals surface area contributed by atoms with Crippen LogP contribution in [0.1, 0.15) is 30.0 Å². The van der Waals surface area contributed by atoms with Gasteiger partial charge in [0.25, 0.3) is 0 Å². The molecule has 1 aliphatic heterocycles. The maximum atomic E-state index is 13.3. The minimum Gasteiger partial charge on any atom is -0.396 e. The van der Waals surface area contributed by atoms with E-state index in [1.165, 1.54) is 6.07 Å². The van der Waals surface area contributed by atoms with Crippen LogP contribution in [0.25, 0.3) is 0 Å². The van der Waals surface area contributed by atoms with E-state index in [9.17, 15) is 17.6 Å². The third kappa shape index (κ3) is 4.18. The van der Waals surface area contributed by atoms with E-state index in [1.807, 2.05) is 4.90 Å². The minimum atomic E-state index is -4.59. The molecule has 1 aliphatic rings. The first kappa shape index (κ1) is 17.2. The maximum absolute atomic E-state index is 13.3. The first-order chi connectivity index (χ1) is 10.4. The van der Waals surface area contributed by atoms with Gasteiger partial charge >= 0.3 is 6.18 Å². The van der Waals surface area contributed by atoms with Crippen molar-refractivity contribution >= 4 is 0 Å². The molecular weight excluding hydrogens is 300 g/mol. The summed E-state index contributed by atoms with van der Waals surface area (Å²) in [4.78, 5) is 1.97. The second kappa shape index (κ2) is 7.39. The summed E-state index contributed by atoms with van der Waals surface area (Å²) in [5, 5.41) is 12.2. The average molecular weight is 320 g/mol. The van der Waals surface area contributed by atoms with Crippen LogP contribution in [0.4, 0.5) is 17.6 Å². The number of nitrogens with zero attached hydrogens (tertiary/aromatic N) is 1. The molecule has 1 fully saturated rings. The van der Waals surface area contributed by atoms with Crippen molar-refractivity contribution in [2.75, 3.05) is 32.8 Å². The molecule has 0 bridgehead atoms. The molecule has 7 heteroatoms. The highest BCUT2D eigenvalue weighted by atomic mass is 19.4. The smallest absolute Gasteiger partial charge is 0.396 e. The van der Waals surface area contributed by atoms with Crippen molar-refractivity contribution in [3.63, 3.8) is 0 Å². The number of piperazine rings is 1. The van der Waals surface area contributed by atoms with Crippen LogP contribution in [0.2, 0.25) is 0 Å². The van der Waals surface area contributed by atoms with E-state index in [0.717, 1.165) is 6.07 Å². The van der Waals surface area contributed by atoms with Crippen LogP contribution in [0.5, 0.6) is 0 Å². The molecule has 22 heavy (non-hydrogen) atoms. The van der Waals surface area contributed by atoms with Crippen molar-refractivity contribution in [1.82, 2.24) is 10.2 Å². The highest BCUT2D eigenvalue weighted by Crippen LogP contribution is 2.38. The number of aliphatic hydroxyl groups excluding tert-OH is 1. The number of nitrogens with one attached hydrogen (secondary N) is 1. The Morgan fingerprint density at radius 1 is 1.23 bits per heavy atom. The Bertz CT molecular complexity index is 487. The standard InChI is InChI=1S/C15H20F4N2O/c16-11-3-4-12(13(10-11)15(17,18)19)14(2-1-9-22)21-7-5-20-6-8-21/h3-4,10,14,20,22H,1-2,5-9H2/t14-/m0/s1. The van der Waals surface area contributed by atoms with Gasteiger partial charge in [0.1, 0.15) is 5.82 Å². The number of hydrogen-bond donors (Lipinski definition) is 2. The van der Waals surface area contributed by atoms with Gasteiger partial charge in [-0.15, -0.1) is 0 Å². The fourth-order valence-corrected chi connectivity index (χ4v) is 2.88. The fourth-order valence-electron chi connectivity index (χ4n) is 2.88. The summed E-state index contributed by atoms with van der Waals surface area (Å²) in [5.41, 5.74) is -0.835. The normalized spacial score (nSPS) is 18.4. The topological polar surface area (TPSA) is 35.5 Å². The largest absolute Gasteiger partial charge is 0.416 e. The van der Waals surface area contributed by atoms with Crippen molar-refractivity contribution in [2.45, 2.75) is 25.1 Å². The van der Waals surface area contributed by atoms with E-state index in [-0.39, 0.29) is 12.2 Å². The van der Waals surface area contributed by atoms with Crippen LogP contribution in [-0.2, 0) is 6.18 Å². The Labute approximate surface area is 126 Å². The van der Waals surface area contributed by atoms with Crippen LogP contribution in [0.3, 0.4) is 0 Å². The van der Waals surface area contributed by atoms with Crippen molar-refractivity contribution in [2.24, 2.45) is 0 Å². The molecule has 2 N–H and O–H groups in total. The minimum absolute atomic E-state index is 0.0782. The van der Waals surface area contributed by atoms with Gasteiger partial charge in [0.05, 0.1) is 5.56 Å². The third-order valence-electron chi connectivity index (χ3n) is 3.91. The average Bonchev–Trinajstić information content (AvgIpc) is 2.49. The summed E-state index contributed by atoms with van der Waals surface area (Å²) in [5.74, 6) is -0.891. The molecule has 3 nitrogen and oxygen atoms in total. The van der Waals surface area contributed by atoms with Gasteiger partial charge in [-0.1, -0.05) is 6.07 Å². The summed E-state index contributed by atoms with van der Waals surface area (Å²) in [6.07, 6.45) is -3.78. The second-order valence-electron chi connectivity index (χ2n) is 5.40. The molecule has 0 radical (unpaired) electrons. The Kier molecular flexibility index (Phi) is 5.77. The number of aliphatic hydroxyl groups is 1. The van der Waals surface area contributed by atoms with Gasteiger partial charge in [0, 0.05) is 38.8 Å². The molecule has 1 aromatic rings. The van der Waals surface area contributed by atoms with Crippen LogP contribution in [-0.4, -0.2) is 42.8 Å². The molecule has 124 valence electrons. The summed E-state index contributed by atoms with van der Waals surface area (Å²) < 4.78 is 53.0. The fraction of sp³-hybridized carbons (Fsp3) is 0.600. The van der Waals surface area contributed by atoms with Crippen LogP contribution >= 0.6 is 0 Å². The molecule has 0 aromatic heterocycles. The summed E-state index contributed by atoms with van der Waals surface area (Å²) in [6, 6.07) is 2.39. The van der Waals surface area contributed by atoms with E-state index < -0.39 is 23.6 Å². The Morgan fingerprint density at radius 2 is 1.91 bits per heavy atom. The third-order valence-corrected chi connectivity index (χ3v) is 3.91. The highest BCUT2D eigenvalue weighted by Gasteiger charge is 2.37. The lowest BCUT2D eigenvalue weighted by molar-refractivity contribution is -0.139. The molecule has 1 atom stereocenters. The molecular formula is C15H20F4N2O. The van der Waals surface area contributed by atoms with Crippen molar-refractivity contribution in [3.8, 4) is 0 Å². The second-order valence-corrected chi connectivity index (χ2v) is 5.40. The van der Waals surface area contributed by atoms with E-state index in [2.05, 4.69) is 5.32 Å². The Morgan fingerprint density at radius 3 is 2.50 bits per heavy atom. The van der Waals surface area contributed by atoms with Gasteiger partial charge < -0.3 is 10.4 Å². The molecule has 0 unspecified atom stereocenters. The predicted molar refractivity (Wildman–Crippen MR) is 74.9 cm³/mol. The first-order valence-electron chi connectivity index (χ1n) is 7.35. The van der Waals surface area contributed by atoms with Crippen molar-refractivity contribution in [1.29, 1.82) is 0 Å². The first-order valence-corrected chi connectivity index (χ1v) is 7.35. The Balaban J connectivity index is 2.37. The molecule has 0 spiro atoms. The lowest BCUT2D eigenvalue weighted by Crippen LogP contribution is -2.45. The molecule has 0 amide bonds. The number of benzene rings is 1. The van der Waals surface area contributed by atoms with Crippen molar-refractivity contribution < 1.29 is 22.7 Å². The summed E-state index contributed by atoms with van der Waals surface area (Å²) >= 11 is 0.